The van der Waals surface area contributed by atoms with E-state index in [4.69, 9.17) is 0 Å². The number of sulfonamides is 1. The van der Waals surface area contributed by atoms with Gasteiger partial charge in [0.1, 0.15) is 12.4 Å². The molecular formula is C28H26BrFN4O3S. The van der Waals surface area contributed by atoms with Crippen molar-refractivity contribution < 1.29 is 17.6 Å². The number of halogens is 2. The van der Waals surface area contributed by atoms with Crippen LogP contribution in [0.2, 0.25) is 0 Å². The minimum absolute atomic E-state index is 0.129. The summed E-state index contributed by atoms with van der Waals surface area (Å²) in [5, 5.41) is 4.08. The molecule has 0 radical (unpaired) electrons. The van der Waals surface area contributed by atoms with Crippen LogP contribution in [0.5, 0.6) is 0 Å². The number of nitrogens with one attached hydrogen (secondary N) is 1. The van der Waals surface area contributed by atoms with Crippen molar-refractivity contribution in [3.8, 4) is 5.69 Å². The largest absolute Gasteiger partial charge is 0.318 e. The first kappa shape index (κ1) is 27.3. The van der Waals surface area contributed by atoms with Crippen LogP contribution < -0.4 is 9.73 Å². The van der Waals surface area contributed by atoms with E-state index >= 15 is 0 Å². The summed E-state index contributed by atoms with van der Waals surface area (Å²) in [7, 11) is -4.15. The predicted molar refractivity (Wildman–Crippen MR) is 151 cm³/mol. The van der Waals surface area contributed by atoms with E-state index in [0.717, 1.165) is 49.1 Å². The van der Waals surface area contributed by atoms with Gasteiger partial charge in [-0.25, -0.2) is 18.2 Å². The quantitative estimate of drug-likeness (QED) is 0.211. The van der Waals surface area contributed by atoms with Gasteiger partial charge in [0.15, 0.2) is 0 Å². The molecule has 4 rings (SSSR count). The highest BCUT2D eigenvalue weighted by atomic mass is 79.9. The van der Waals surface area contributed by atoms with E-state index in [1.54, 1.807) is 24.3 Å². The molecule has 0 spiro atoms. The number of aromatic nitrogens is 1. The minimum atomic E-state index is -4.15. The van der Waals surface area contributed by atoms with Crippen molar-refractivity contribution in [1.82, 2.24) is 9.99 Å². The van der Waals surface area contributed by atoms with Crippen LogP contribution in [0.25, 0.3) is 5.69 Å². The van der Waals surface area contributed by atoms with E-state index in [-0.39, 0.29) is 4.90 Å². The van der Waals surface area contributed by atoms with Crippen molar-refractivity contribution in [1.29, 1.82) is 0 Å². The standard InChI is InChI=1S/C28H26BrFN4O3S/c1-19-7-11-25(12-8-19)33(38(36,37)27-13-9-24(30)10-14-27)18-28(35)32-31-17-22-15-20(2)34(21(22)3)26-6-4-5-23(29)16-26/h4-17H,18H2,1-3H3,(H,32,35)/b31-17+. The molecule has 0 bridgehead atoms. The molecule has 4 aromatic rings. The lowest BCUT2D eigenvalue weighted by atomic mass is 10.2. The van der Waals surface area contributed by atoms with Crippen molar-refractivity contribution in [3.05, 3.63) is 112 Å². The Morgan fingerprint density at radius 2 is 1.71 bits per heavy atom. The van der Waals surface area contributed by atoms with E-state index in [0.29, 0.717) is 5.69 Å². The Labute approximate surface area is 229 Å². The zero-order chi connectivity index (χ0) is 27.4. The van der Waals surface area contributed by atoms with Crippen molar-refractivity contribution in [2.75, 3.05) is 10.8 Å². The van der Waals surface area contributed by atoms with Crippen molar-refractivity contribution in [2.45, 2.75) is 25.7 Å². The van der Waals surface area contributed by atoms with Crippen LogP contribution in [-0.2, 0) is 14.8 Å². The number of hydrogen-bond acceptors (Lipinski definition) is 4. The number of hydrogen-bond donors (Lipinski definition) is 1. The summed E-state index contributed by atoms with van der Waals surface area (Å²) in [6.07, 6.45) is 1.53. The molecule has 0 aliphatic rings. The predicted octanol–water partition coefficient (Wildman–Crippen LogP) is 5.65. The van der Waals surface area contributed by atoms with Gasteiger partial charge in [-0.2, -0.15) is 5.10 Å². The van der Waals surface area contributed by atoms with Gasteiger partial charge in [0.2, 0.25) is 0 Å². The molecule has 0 fully saturated rings. The molecule has 3 aromatic carbocycles. The van der Waals surface area contributed by atoms with Crippen molar-refractivity contribution >= 4 is 43.8 Å². The summed E-state index contributed by atoms with van der Waals surface area (Å²) >= 11 is 3.49. The van der Waals surface area contributed by atoms with Gasteiger partial charge in [-0.1, -0.05) is 39.7 Å². The first-order valence-corrected chi connectivity index (χ1v) is 13.9. The normalized spacial score (nSPS) is 11.6. The first-order valence-electron chi connectivity index (χ1n) is 11.7. The molecule has 0 aliphatic heterocycles. The third kappa shape index (κ3) is 6.03. The molecule has 1 amide bonds. The number of aryl methyl sites for hydroxylation is 2. The number of benzene rings is 3. The van der Waals surface area contributed by atoms with Gasteiger partial charge < -0.3 is 4.57 Å². The molecule has 1 aromatic heterocycles. The highest BCUT2D eigenvalue weighted by Crippen LogP contribution is 2.25. The summed E-state index contributed by atoms with van der Waals surface area (Å²) in [4.78, 5) is 12.7. The van der Waals surface area contributed by atoms with Crippen molar-refractivity contribution in [3.63, 3.8) is 0 Å². The number of nitrogens with zero attached hydrogens (tertiary/aromatic N) is 3. The second kappa shape index (κ2) is 11.3. The van der Waals surface area contributed by atoms with E-state index in [9.17, 15) is 17.6 Å². The first-order chi connectivity index (χ1) is 18.1. The summed E-state index contributed by atoms with van der Waals surface area (Å²) in [6, 6.07) is 21.0. The maximum absolute atomic E-state index is 13.4. The van der Waals surface area contributed by atoms with Gasteiger partial charge in [-0.05, 0) is 81.4 Å². The number of amides is 1. The molecule has 0 saturated heterocycles. The van der Waals surface area contributed by atoms with E-state index in [2.05, 4.69) is 31.0 Å². The molecule has 38 heavy (non-hydrogen) atoms. The van der Waals surface area contributed by atoms with Gasteiger partial charge in [0.05, 0.1) is 16.8 Å². The van der Waals surface area contributed by atoms with Crippen LogP contribution >= 0.6 is 15.9 Å². The molecule has 10 heteroatoms. The highest BCUT2D eigenvalue weighted by molar-refractivity contribution is 9.10. The Morgan fingerprint density at radius 3 is 2.37 bits per heavy atom. The molecule has 7 nitrogen and oxygen atoms in total. The van der Waals surface area contributed by atoms with Gasteiger partial charge in [0.25, 0.3) is 15.9 Å². The molecule has 1 heterocycles. The summed E-state index contributed by atoms with van der Waals surface area (Å²) in [5.74, 6) is -1.19. The molecule has 196 valence electrons. The average Bonchev–Trinajstić information content (AvgIpc) is 3.16. The Kier molecular flexibility index (Phi) is 8.13. The van der Waals surface area contributed by atoms with Gasteiger partial charge >= 0.3 is 0 Å². The third-order valence-electron chi connectivity index (χ3n) is 5.94. The molecule has 1 N–H and O–H groups in total. The summed E-state index contributed by atoms with van der Waals surface area (Å²) in [5.41, 5.74) is 7.37. The second-order valence-electron chi connectivity index (χ2n) is 8.74. The molecule has 0 unspecified atom stereocenters. The van der Waals surface area contributed by atoms with Crippen LogP contribution in [0.4, 0.5) is 10.1 Å². The summed E-state index contributed by atoms with van der Waals surface area (Å²) in [6.45, 7) is 5.28. The highest BCUT2D eigenvalue weighted by Gasteiger charge is 2.27. The zero-order valence-corrected chi connectivity index (χ0v) is 23.4. The van der Waals surface area contributed by atoms with Crippen LogP contribution in [-0.4, -0.2) is 31.7 Å². The lowest BCUT2D eigenvalue weighted by Gasteiger charge is -2.23. The second-order valence-corrected chi connectivity index (χ2v) is 11.5. The number of rotatable bonds is 8. The number of anilines is 1. The topological polar surface area (TPSA) is 83.8 Å². The average molecular weight is 598 g/mol. The van der Waals surface area contributed by atoms with Gasteiger partial charge in [0, 0.05) is 27.1 Å². The fraction of sp³-hybridized carbons (Fsp3) is 0.143. The smallest absolute Gasteiger partial charge is 0.264 e. The SMILES string of the molecule is Cc1ccc(N(CC(=O)N/N=C/c2cc(C)n(-c3cccc(Br)c3)c2C)S(=O)(=O)c2ccc(F)cc2)cc1. The minimum Gasteiger partial charge on any atom is -0.318 e. The monoisotopic (exact) mass is 596 g/mol. The molecule has 0 saturated carbocycles. The lowest BCUT2D eigenvalue weighted by Crippen LogP contribution is -2.39. The van der Waals surface area contributed by atoms with E-state index in [1.165, 1.54) is 18.3 Å². The van der Waals surface area contributed by atoms with Gasteiger partial charge in [-0.3, -0.25) is 9.10 Å². The van der Waals surface area contributed by atoms with Gasteiger partial charge in [-0.15, -0.1) is 0 Å². The lowest BCUT2D eigenvalue weighted by molar-refractivity contribution is -0.119. The summed E-state index contributed by atoms with van der Waals surface area (Å²) < 4.78 is 44.2. The fourth-order valence-corrected chi connectivity index (χ4v) is 5.84. The fourth-order valence-electron chi connectivity index (χ4n) is 4.03. The van der Waals surface area contributed by atoms with Crippen molar-refractivity contribution in [2.24, 2.45) is 5.10 Å². The van der Waals surface area contributed by atoms with Crippen LogP contribution in [0.15, 0.2) is 93.3 Å². The number of carbonyl (C=O) groups excluding carboxylic acids is 1. The Balaban J connectivity index is 1.55. The maximum atomic E-state index is 13.4. The Morgan fingerprint density at radius 1 is 1.03 bits per heavy atom. The third-order valence-corrected chi connectivity index (χ3v) is 8.22. The molecule has 0 aliphatic carbocycles. The Bertz CT molecular complexity index is 1600. The van der Waals surface area contributed by atoms with Crippen LogP contribution in [0.1, 0.15) is 22.5 Å². The van der Waals surface area contributed by atoms with Crippen LogP contribution in [0.3, 0.4) is 0 Å². The Hall–Kier alpha value is -3.76. The van der Waals surface area contributed by atoms with E-state index < -0.39 is 28.3 Å². The molecular weight excluding hydrogens is 571 g/mol. The maximum Gasteiger partial charge on any atom is 0.264 e. The van der Waals surface area contributed by atoms with Crippen LogP contribution in [0, 0.1) is 26.6 Å². The zero-order valence-electron chi connectivity index (χ0n) is 21.0. The molecule has 0 atom stereocenters. The number of hydrazone groups is 1. The van der Waals surface area contributed by atoms with E-state index in [1.807, 2.05) is 51.1 Å². The number of carbonyl (C=O) groups is 1.